The summed E-state index contributed by atoms with van der Waals surface area (Å²) >= 11 is 0. The average molecular weight is 390 g/mol. The molecule has 0 saturated carbocycles. The van der Waals surface area contributed by atoms with Gasteiger partial charge in [-0.15, -0.1) is 0 Å². The van der Waals surface area contributed by atoms with E-state index in [9.17, 15) is 13.5 Å². The number of hydrogen-bond donors (Lipinski definition) is 1. The van der Waals surface area contributed by atoms with Gasteiger partial charge in [-0.05, 0) is 43.2 Å². The number of nitrogens with zero attached hydrogens (tertiary/aromatic N) is 3. The summed E-state index contributed by atoms with van der Waals surface area (Å²) in [4.78, 5) is 8.00. The third-order valence-electron chi connectivity index (χ3n) is 5.31. The molecule has 0 atom stereocenters. The molecule has 27 heavy (non-hydrogen) atoms. The fourth-order valence-electron chi connectivity index (χ4n) is 3.71. The highest BCUT2D eigenvalue weighted by Crippen LogP contribution is 2.23. The van der Waals surface area contributed by atoms with Crippen LogP contribution < -0.4 is 14.8 Å². The lowest BCUT2D eigenvalue weighted by Gasteiger charge is -2.32. The van der Waals surface area contributed by atoms with Gasteiger partial charge < -0.3 is 10.0 Å². The molecular weight excluding hydrogens is 364 g/mol. The highest BCUT2D eigenvalue weighted by atomic mass is 32.2. The number of rotatable bonds is 4. The van der Waals surface area contributed by atoms with E-state index in [1.807, 2.05) is 18.2 Å². The van der Waals surface area contributed by atoms with Crippen LogP contribution in [-0.2, 0) is 10.0 Å². The molecule has 3 heterocycles. The normalized spacial score (nSPS) is 18.8. The molecule has 4 rings (SSSR count). The number of aromatic nitrogens is 1. The largest absolute Gasteiger partial charge is 0.508 e. The molecule has 0 aliphatic carbocycles. The van der Waals surface area contributed by atoms with E-state index in [-0.39, 0.29) is 5.75 Å². The predicted molar refractivity (Wildman–Crippen MR) is 104 cm³/mol. The van der Waals surface area contributed by atoms with Crippen molar-refractivity contribution in [2.75, 3.05) is 49.1 Å². The van der Waals surface area contributed by atoms with Gasteiger partial charge in [0.15, 0.2) is 0 Å². The molecule has 144 valence electrons. The van der Waals surface area contributed by atoms with Crippen molar-refractivity contribution in [3.63, 3.8) is 0 Å². The Morgan fingerprint density at radius 1 is 0.815 bits per heavy atom. The zero-order chi connectivity index (χ0) is 18.9. The third-order valence-corrected chi connectivity index (χ3v) is 7.20. The maximum Gasteiger partial charge on any atom is 0.274 e. The lowest BCUT2D eigenvalue weighted by atomic mass is 10.2. The van der Waals surface area contributed by atoms with Crippen LogP contribution >= 0.6 is 0 Å². The zero-order valence-corrected chi connectivity index (χ0v) is 16.0. The van der Waals surface area contributed by atoms with E-state index < -0.39 is 10.0 Å². The summed E-state index contributed by atoms with van der Waals surface area (Å²) in [5, 5.41) is 9.42. The summed E-state index contributed by atoms with van der Waals surface area (Å²) in [6.07, 6.45) is 3.48. The fraction of sp³-hybridized carbons (Fsp3) is 0.421. The van der Waals surface area contributed by atoms with Crippen molar-refractivity contribution in [2.45, 2.75) is 17.7 Å². The van der Waals surface area contributed by atoms with Crippen LogP contribution in [0.2, 0.25) is 0 Å². The number of phenols is 1. The van der Waals surface area contributed by atoms with Crippen molar-refractivity contribution in [3.8, 4) is 5.75 Å². The fourth-order valence-corrected chi connectivity index (χ4v) is 5.19. The number of benzene rings is 1. The number of piperazine rings is 1. The molecule has 0 amide bonds. The molecule has 2 aromatic rings. The number of aromatic amines is 1. The summed E-state index contributed by atoms with van der Waals surface area (Å²) in [5.74, 6) is 1.21. The van der Waals surface area contributed by atoms with Gasteiger partial charge in [-0.2, -0.15) is 4.31 Å². The zero-order valence-electron chi connectivity index (χ0n) is 15.2. The predicted octanol–water partition coefficient (Wildman–Crippen LogP) is 1.32. The van der Waals surface area contributed by atoms with Crippen LogP contribution in [0, 0.1) is 0 Å². The van der Waals surface area contributed by atoms with Crippen LogP contribution in [0.5, 0.6) is 5.75 Å². The first-order valence-electron chi connectivity index (χ1n) is 9.35. The van der Waals surface area contributed by atoms with Crippen LogP contribution in [0.4, 0.5) is 11.5 Å². The van der Waals surface area contributed by atoms with Crippen molar-refractivity contribution in [1.82, 2.24) is 4.31 Å². The Balaban J connectivity index is 1.41. The Morgan fingerprint density at radius 2 is 1.44 bits per heavy atom. The van der Waals surface area contributed by atoms with E-state index in [2.05, 4.69) is 14.8 Å². The Kier molecular flexibility index (Phi) is 4.92. The molecule has 0 radical (unpaired) electrons. The topological polar surface area (TPSA) is 78.2 Å². The molecule has 2 fully saturated rings. The van der Waals surface area contributed by atoms with Crippen molar-refractivity contribution >= 4 is 21.5 Å². The number of aromatic hydroxyl groups is 1. The molecule has 2 aliphatic rings. The summed E-state index contributed by atoms with van der Waals surface area (Å²) < 4.78 is 26.8. The van der Waals surface area contributed by atoms with Gasteiger partial charge in [-0.1, -0.05) is 0 Å². The second-order valence-corrected chi connectivity index (χ2v) is 8.95. The van der Waals surface area contributed by atoms with E-state index in [0.717, 1.165) is 50.5 Å². The van der Waals surface area contributed by atoms with Crippen molar-refractivity contribution in [1.29, 1.82) is 0 Å². The number of hydrogen-bond acceptors (Lipinski definition) is 5. The third kappa shape index (κ3) is 3.72. The van der Waals surface area contributed by atoms with Gasteiger partial charge in [-0.25, -0.2) is 13.4 Å². The van der Waals surface area contributed by atoms with E-state index in [1.165, 1.54) is 0 Å². The monoisotopic (exact) mass is 389 g/mol. The molecule has 2 aliphatic heterocycles. The summed E-state index contributed by atoms with van der Waals surface area (Å²) in [6, 6.07) is 10.8. The van der Waals surface area contributed by atoms with Gasteiger partial charge >= 0.3 is 0 Å². The molecule has 0 spiro atoms. The Labute approximate surface area is 159 Å². The molecule has 0 bridgehead atoms. The lowest BCUT2D eigenvalue weighted by Crippen LogP contribution is -2.48. The van der Waals surface area contributed by atoms with Crippen LogP contribution in [0.25, 0.3) is 0 Å². The van der Waals surface area contributed by atoms with E-state index in [4.69, 9.17) is 0 Å². The second kappa shape index (κ2) is 7.36. The van der Waals surface area contributed by atoms with E-state index in [1.54, 1.807) is 28.7 Å². The number of phenolic OH excluding ortho intramolecular Hbond substituents is 1. The quantitative estimate of drug-likeness (QED) is 0.853. The maximum atomic E-state index is 12.6. The maximum absolute atomic E-state index is 12.6. The van der Waals surface area contributed by atoms with E-state index in [0.29, 0.717) is 18.0 Å². The molecule has 1 aromatic carbocycles. The number of pyridine rings is 1. The second-order valence-electron chi connectivity index (χ2n) is 7.01. The van der Waals surface area contributed by atoms with Crippen molar-refractivity contribution in [3.05, 3.63) is 42.6 Å². The molecule has 8 heteroatoms. The first-order chi connectivity index (χ1) is 13.0. The Morgan fingerprint density at radius 3 is 2.04 bits per heavy atom. The lowest BCUT2D eigenvalue weighted by molar-refractivity contribution is -0.367. The SMILES string of the molecule is O=S(=O)(c1ccc(N2CCN(c3ccc(O)cc3)CC2)[nH+]c1)N1CCCC1. The number of H-pyrrole nitrogens is 1. The van der Waals surface area contributed by atoms with Crippen molar-refractivity contribution in [2.24, 2.45) is 0 Å². The van der Waals surface area contributed by atoms with Gasteiger partial charge in [0.25, 0.3) is 5.82 Å². The van der Waals surface area contributed by atoms with E-state index >= 15 is 0 Å². The minimum Gasteiger partial charge on any atom is -0.508 e. The molecule has 1 aromatic heterocycles. The minimum atomic E-state index is -3.38. The smallest absolute Gasteiger partial charge is 0.274 e. The number of anilines is 2. The average Bonchev–Trinajstić information content (AvgIpc) is 3.25. The first kappa shape index (κ1) is 18.1. The number of nitrogens with one attached hydrogen (secondary N) is 1. The molecule has 2 N–H and O–H groups in total. The summed E-state index contributed by atoms with van der Waals surface area (Å²) in [7, 11) is -3.38. The summed E-state index contributed by atoms with van der Waals surface area (Å²) in [6.45, 7) is 4.65. The van der Waals surface area contributed by atoms with Crippen LogP contribution in [-0.4, -0.2) is 57.1 Å². The Hall–Kier alpha value is -2.32. The Bertz CT molecular complexity index is 870. The standard InChI is InChI=1S/C19H24N4O3S/c24-17-5-3-16(4-6-17)21-11-13-22(14-12-21)19-8-7-18(15-20-19)27(25,26)23-9-1-2-10-23/h3-8,15,24H,1-2,9-14H2/p+1. The van der Waals surface area contributed by atoms with Gasteiger partial charge in [0.2, 0.25) is 10.0 Å². The van der Waals surface area contributed by atoms with Crippen LogP contribution in [0.3, 0.4) is 0 Å². The molecule has 0 unspecified atom stereocenters. The molecular formula is C19H25N4O3S+. The summed E-state index contributed by atoms with van der Waals surface area (Å²) in [5.41, 5.74) is 1.10. The van der Waals surface area contributed by atoms with Gasteiger partial charge in [-0.3, -0.25) is 4.90 Å². The highest BCUT2D eigenvalue weighted by molar-refractivity contribution is 7.89. The molecule has 7 nitrogen and oxygen atoms in total. The van der Waals surface area contributed by atoms with Gasteiger partial charge in [0, 0.05) is 24.8 Å². The highest BCUT2D eigenvalue weighted by Gasteiger charge is 2.29. The van der Waals surface area contributed by atoms with Crippen molar-refractivity contribution < 1.29 is 18.5 Å². The molecule has 2 saturated heterocycles. The first-order valence-corrected chi connectivity index (χ1v) is 10.8. The van der Waals surface area contributed by atoms with Gasteiger partial charge in [0.05, 0.1) is 13.1 Å². The minimum absolute atomic E-state index is 0.274. The van der Waals surface area contributed by atoms with Gasteiger partial charge in [0.1, 0.15) is 29.9 Å². The van der Waals surface area contributed by atoms with Crippen LogP contribution in [0.15, 0.2) is 47.5 Å². The number of sulfonamides is 1. The van der Waals surface area contributed by atoms with Crippen LogP contribution in [0.1, 0.15) is 12.8 Å².